The summed E-state index contributed by atoms with van der Waals surface area (Å²) < 4.78 is 15.8. The molecule has 2 heterocycles. The lowest BCUT2D eigenvalue weighted by atomic mass is 10.1. The third kappa shape index (κ3) is 1.58. The van der Waals surface area contributed by atoms with Gasteiger partial charge in [0.1, 0.15) is 11.1 Å². The molecular weight excluding hydrogens is 252 g/mol. The fourth-order valence-electron chi connectivity index (χ4n) is 1.77. The molecule has 8 heteroatoms. The van der Waals surface area contributed by atoms with Crippen LogP contribution in [0, 0.1) is 0 Å². The van der Waals surface area contributed by atoms with Crippen molar-refractivity contribution in [2.45, 2.75) is 11.8 Å². The van der Waals surface area contributed by atoms with E-state index in [-0.39, 0.29) is 29.7 Å². The molecule has 0 aromatic carbocycles. The second kappa shape index (κ2) is 4.22. The van der Waals surface area contributed by atoms with Crippen LogP contribution in [-0.2, 0) is 25.0 Å². The predicted molar refractivity (Wildman–Crippen MR) is 57.9 cm³/mol. The lowest BCUT2D eigenvalue weighted by Gasteiger charge is -2.43. The topological polar surface area (TPSA) is 63.7 Å². The van der Waals surface area contributed by atoms with E-state index in [1.807, 2.05) is 0 Å². The highest BCUT2D eigenvalue weighted by atomic mass is 35.5. The lowest BCUT2D eigenvalue weighted by molar-refractivity contribution is -0.145. The number of rotatable bonds is 2. The molecule has 0 aromatic rings. The second-order valence-corrected chi connectivity index (χ2v) is 5.30. The smallest absolute Gasteiger partial charge is 0.378 e. The fraction of sp³-hybridized carbons (Fsp3) is 0.500. The van der Waals surface area contributed by atoms with Gasteiger partial charge in [-0.3, -0.25) is 13.9 Å². The Hall–Kier alpha value is -0.815. The first kappa shape index (κ1) is 11.7. The molecule has 0 saturated carbocycles. The van der Waals surface area contributed by atoms with Gasteiger partial charge < -0.3 is 4.65 Å². The zero-order chi connectivity index (χ0) is 11.9. The van der Waals surface area contributed by atoms with Crippen LogP contribution >= 0.6 is 11.6 Å². The number of carbonyl (C=O) groups excluding carboxylic acids is 2. The van der Waals surface area contributed by atoms with Gasteiger partial charge in [-0.05, 0) is 5.57 Å². The zero-order valence-electron chi connectivity index (χ0n) is 8.14. The van der Waals surface area contributed by atoms with E-state index in [0.717, 1.165) is 0 Å². The van der Waals surface area contributed by atoms with Crippen LogP contribution in [0.25, 0.3) is 0 Å². The third-order valence-electron chi connectivity index (χ3n) is 2.56. The van der Waals surface area contributed by atoms with Crippen molar-refractivity contribution in [1.82, 2.24) is 4.90 Å². The Balaban J connectivity index is 2.43. The Labute approximate surface area is 101 Å². The van der Waals surface area contributed by atoms with Crippen molar-refractivity contribution in [2.24, 2.45) is 0 Å². The average Bonchev–Trinajstić information content (AvgIpc) is 2.28. The van der Waals surface area contributed by atoms with E-state index >= 15 is 0 Å². The van der Waals surface area contributed by atoms with Gasteiger partial charge in [-0.2, -0.15) is 0 Å². The largest absolute Gasteiger partial charge is 0.539 e. The molecule has 16 heavy (non-hydrogen) atoms. The molecule has 1 unspecified atom stereocenters. The van der Waals surface area contributed by atoms with Gasteiger partial charge in [0.15, 0.2) is 0 Å². The van der Waals surface area contributed by atoms with Crippen molar-refractivity contribution in [1.29, 1.82) is 0 Å². The molecule has 2 atom stereocenters. The average molecular weight is 259 g/mol. The van der Waals surface area contributed by atoms with Crippen LogP contribution in [0.2, 0.25) is 0 Å². The van der Waals surface area contributed by atoms with Crippen molar-refractivity contribution in [2.75, 3.05) is 11.6 Å². The van der Waals surface area contributed by atoms with Gasteiger partial charge in [-0.15, -0.1) is 11.6 Å². The molecule has 1 fully saturated rings. The first-order chi connectivity index (χ1) is 7.60. The standard InChI is InChI=1S/C8H7BClNO4S/c9-15-8(13)7-4(2-10)3-16(14)6-1-5(12)11(6)7/h6H,1-3H2/t6-,16?/m1/s1. The third-order valence-corrected chi connectivity index (χ3v) is 4.50. The summed E-state index contributed by atoms with van der Waals surface area (Å²) in [5.41, 5.74) is 0.484. The first-order valence-electron chi connectivity index (χ1n) is 4.48. The Bertz CT molecular complexity index is 424. The monoisotopic (exact) mass is 259 g/mol. The number of fused-ring (bicyclic) bond motifs is 1. The number of hydrogen-bond acceptors (Lipinski definition) is 4. The quantitative estimate of drug-likeness (QED) is 0.378. The molecule has 0 N–H and O–H groups in total. The van der Waals surface area contributed by atoms with Gasteiger partial charge in [0, 0.05) is 16.7 Å². The van der Waals surface area contributed by atoms with Gasteiger partial charge in [-0.25, -0.2) is 4.79 Å². The zero-order valence-corrected chi connectivity index (χ0v) is 9.71. The van der Waals surface area contributed by atoms with Crippen molar-refractivity contribution in [3.63, 3.8) is 0 Å². The highest BCUT2D eigenvalue weighted by Gasteiger charge is 2.48. The van der Waals surface area contributed by atoms with Crippen molar-refractivity contribution < 1.29 is 18.5 Å². The van der Waals surface area contributed by atoms with Gasteiger partial charge >= 0.3 is 14.0 Å². The van der Waals surface area contributed by atoms with Crippen LogP contribution in [0.15, 0.2) is 11.3 Å². The summed E-state index contributed by atoms with van der Waals surface area (Å²) in [4.78, 5) is 24.0. The highest BCUT2D eigenvalue weighted by Crippen LogP contribution is 2.34. The van der Waals surface area contributed by atoms with E-state index in [9.17, 15) is 13.8 Å². The molecule has 2 rings (SSSR count). The number of nitrogens with zero attached hydrogens (tertiary/aromatic N) is 1. The van der Waals surface area contributed by atoms with E-state index < -0.39 is 22.1 Å². The van der Waals surface area contributed by atoms with Gasteiger partial charge in [0.2, 0.25) is 5.91 Å². The first-order valence-corrected chi connectivity index (χ1v) is 6.40. The summed E-state index contributed by atoms with van der Waals surface area (Å²) in [5, 5.41) is -0.437. The second-order valence-electron chi connectivity index (χ2n) is 3.44. The summed E-state index contributed by atoms with van der Waals surface area (Å²) in [7, 11) is 3.59. The minimum Gasteiger partial charge on any atom is -0.539 e. The molecule has 2 aliphatic heterocycles. The molecule has 1 saturated heterocycles. The Morgan fingerprint density at radius 2 is 2.38 bits per heavy atom. The molecule has 84 valence electrons. The SMILES string of the molecule is [B]OC(=O)C1=C(CCl)CS(=O)[C@@H]2CC(=O)N12. The van der Waals surface area contributed by atoms with Crippen LogP contribution in [-0.4, -0.2) is 46.0 Å². The molecule has 2 aliphatic rings. The lowest BCUT2D eigenvalue weighted by Crippen LogP contribution is -2.58. The number of halogens is 1. The van der Waals surface area contributed by atoms with Gasteiger partial charge in [-0.1, -0.05) is 0 Å². The molecule has 2 radical (unpaired) electrons. The van der Waals surface area contributed by atoms with E-state index in [1.54, 1.807) is 0 Å². The van der Waals surface area contributed by atoms with Gasteiger partial charge in [0.05, 0.1) is 12.2 Å². The minimum absolute atomic E-state index is 0.0205. The number of carbonyl (C=O) groups is 2. The summed E-state index contributed by atoms with van der Waals surface area (Å²) in [5.74, 6) is -0.874. The number of amides is 1. The van der Waals surface area contributed by atoms with Crippen LogP contribution in [0.5, 0.6) is 0 Å². The molecule has 1 amide bonds. The summed E-state index contributed by atoms with van der Waals surface area (Å²) in [6.07, 6.45) is 0.184. The molecular formula is C8H7BClNO4S. The molecule has 0 aromatic heterocycles. The molecule has 0 bridgehead atoms. The van der Waals surface area contributed by atoms with Crippen molar-refractivity contribution >= 4 is 42.3 Å². The summed E-state index contributed by atoms with van der Waals surface area (Å²) >= 11 is 5.65. The van der Waals surface area contributed by atoms with Gasteiger partial charge in [0.25, 0.3) is 0 Å². The normalized spacial score (nSPS) is 28.6. The minimum atomic E-state index is -1.20. The number of alkyl halides is 1. The van der Waals surface area contributed by atoms with E-state index in [0.29, 0.717) is 5.57 Å². The predicted octanol–water partition coefficient (Wildman–Crippen LogP) is -0.573. The fourth-order valence-corrected chi connectivity index (χ4v) is 3.67. The van der Waals surface area contributed by atoms with Crippen LogP contribution in [0.4, 0.5) is 0 Å². The molecule has 0 aliphatic carbocycles. The Morgan fingerprint density at radius 3 is 2.88 bits per heavy atom. The van der Waals surface area contributed by atoms with Crippen molar-refractivity contribution in [3.8, 4) is 0 Å². The summed E-state index contributed by atoms with van der Waals surface area (Å²) in [6, 6.07) is 0. The maximum atomic E-state index is 11.7. The number of β-lactam (4-membered cyclic amide) rings is 1. The van der Waals surface area contributed by atoms with E-state index in [1.165, 1.54) is 4.90 Å². The maximum absolute atomic E-state index is 11.7. The Morgan fingerprint density at radius 1 is 1.69 bits per heavy atom. The van der Waals surface area contributed by atoms with Crippen LogP contribution in [0.3, 0.4) is 0 Å². The molecule has 5 nitrogen and oxygen atoms in total. The highest BCUT2D eigenvalue weighted by molar-refractivity contribution is 7.86. The number of hydrogen-bond donors (Lipinski definition) is 0. The summed E-state index contributed by atoms with van der Waals surface area (Å²) in [6.45, 7) is 0. The molecule has 0 spiro atoms. The Kier molecular flexibility index (Phi) is 3.07. The van der Waals surface area contributed by atoms with E-state index in [2.05, 4.69) is 4.65 Å². The van der Waals surface area contributed by atoms with E-state index in [4.69, 9.17) is 19.7 Å². The van der Waals surface area contributed by atoms with Crippen LogP contribution < -0.4 is 0 Å². The maximum Gasteiger partial charge on any atom is 0.378 e. The van der Waals surface area contributed by atoms with Crippen molar-refractivity contribution in [3.05, 3.63) is 11.3 Å². The van der Waals surface area contributed by atoms with Crippen LogP contribution in [0.1, 0.15) is 6.42 Å².